The van der Waals surface area contributed by atoms with E-state index in [9.17, 15) is 9.18 Å². The highest BCUT2D eigenvalue weighted by Gasteiger charge is 2.37. The van der Waals surface area contributed by atoms with Crippen LogP contribution < -0.4 is 5.32 Å². The second kappa shape index (κ2) is 4.69. The third-order valence-corrected chi connectivity index (χ3v) is 3.96. The quantitative estimate of drug-likeness (QED) is 0.822. The zero-order chi connectivity index (χ0) is 12.5. The number of benzene rings is 1. The summed E-state index contributed by atoms with van der Waals surface area (Å²) in [6.07, 6.45) is 3.28. The molecule has 1 amide bonds. The number of piperidine rings is 1. The van der Waals surface area contributed by atoms with Gasteiger partial charge in [-0.25, -0.2) is 4.39 Å². The summed E-state index contributed by atoms with van der Waals surface area (Å²) in [7, 11) is 0. The van der Waals surface area contributed by atoms with Gasteiger partial charge in [-0.2, -0.15) is 0 Å². The number of hydrogen-bond acceptors (Lipinski definition) is 2. The highest BCUT2D eigenvalue weighted by Crippen LogP contribution is 2.31. The van der Waals surface area contributed by atoms with E-state index in [2.05, 4.69) is 5.32 Å². The Morgan fingerprint density at radius 3 is 2.78 bits per heavy atom. The van der Waals surface area contributed by atoms with Crippen molar-refractivity contribution in [2.24, 2.45) is 0 Å². The van der Waals surface area contributed by atoms with Crippen LogP contribution in [0.3, 0.4) is 0 Å². The second-order valence-electron chi connectivity index (χ2n) is 5.06. The molecule has 2 heterocycles. The van der Waals surface area contributed by atoms with E-state index in [1.807, 2.05) is 17.0 Å². The zero-order valence-electron chi connectivity index (χ0n) is 10.2. The molecule has 1 aromatic carbocycles. The molecule has 1 N–H and O–H groups in total. The van der Waals surface area contributed by atoms with Crippen LogP contribution in [0.25, 0.3) is 0 Å². The fourth-order valence-electron chi connectivity index (χ4n) is 3.06. The van der Waals surface area contributed by atoms with Gasteiger partial charge >= 0.3 is 0 Å². The number of nitrogens with zero attached hydrogens (tertiary/aromatic N) is 1. The summed E-state index contributed by atoms with van der Waals surface area (Å²) in [5, 5.41) is 3.29. The molecule has 4 heteroatoms. The van der Waals surface area contributed by atoms with Crippen LogP contribution >= 0.6 is 0 Å². The lowest BCUT2D eigenvalue weighted by atomic mass is 9.89. The maximum Gasteiger partial charge on any atom is 0.236 e. The Balaban J connectivity index is 1.87. The molecule has 18 heavy (non-hydrogen) atoms. The Morgan fingerprint density at radius 2 is 2.00 bits per heavy atom. The first-order chi connectivity index (χ1) is 8.75. The molecular weight excluding hydrogens is 231 g/mol. The zero-order valence-corrected chi connectivity index (χ0v) is 10.2. The predicted octanol–water partition coefficient (Wildman–Crippen LogP) is 1.85. The van der Waals surface area contributed by atoms with Crippen LogP contribution in [0.2, 0.25) is 0 Å². The van der Waals surface area contributed by atoms with Crippen molar-refractivity contribution in [3.8, 4) is 0 Å². The summed E-state index contributed by atoms with van der Waals surface area (Å²) in [6.45, 7) is 1.25. The van der Waals surface area contributed by atoms with Gasteiger partial charge in [0.05, 0.1) is 18.6 Å². The average Bonchev–Trinajstić information content (AvgIpc) is 2.41. The van der Waals surface area contributed by atoms with Crippen molar-refractivity contribution >= 4 is 5.91 Å². The molecule has 2 unspecified atom stereocenters. The van der Waals surface area contributed by atoms with Gasteiger partial charge in [-0.15, -0.1) is 0 Å². The largest absolute Gasteiger partial charge is 0.337 e. The van der Waals surface area contributed by atoms with E-state index in [0.717, 1.165) is 31.4 Å². The Morgan fingerprint density at radius 1 is 1.22 bits per heavy atom. The van der Waals surface area contributed by atoms with Crippen LogP contribution in [-0.2, 0) is 4.79 Å². The van der Waals surface area contributed by atoms with Crippen LogP contribution in [0.5, 0.6) is 0 Å². The van der Waals surface area contributed by atoms with E-state index in [1.165, 1.54) is 12.1 Å². The number of amides is 1. The van der Waals surface area contributed by atoms with E-state index in [0.29, 0.717) is 6.54 Å². The summed E-state index contributed by atoms with van der Waals surface area (Å²) in [5.74, 6) is -0.0239. The number of halogens is 1. The van der Waals surface area contributed by atoms with Gasteiger partial charge in [0.2, 0.25) is 5.91 Å². The van der Waals surface area contributed by atoms with Crippen LogP contribution in [0.4, 0.5) is 4.39 Å². The molecule has 3 rings (SSSR count). The smallest absolute Gasteiger partial charge is 0.236 e. The third kappa shape index (κ3) is 2.01. The summed E-state index contributed by atoms with van der Waals surface area (Å²) in [4.78, 5) is 13.9. The van der Waals surface area contributed by atoms with E-state index < -0.39 is 0 Å². The first-order valence-corrected chi connectivity index (χ1v) is 6.54. The minimum atomic E-state index is -0.217. The van der Waals surface area contributed by atoms with Gasteiger partial charge in [0.15, 0.2) is 0 Å². The number of carbonyl (C=O) groups is 1. The molecule has 0 aliphatic carbocycles. The summed E-state index contributed by atoms with van der Waals surface area (Å²) in [5.41, 5.74) is 1.07. The molecule has 96 valence electrons. The van der Waals surface area contributed by atoms with Gasteiger partial charge < -0.3 is 4.90 Å². The Bertz CT molecular complexity index is 446. The normalized spacial score (nSPS) is 28.1. The van der Waals surface area contributed by atoms with Crippen molar-refractivity contribution in [3.05, 3.63) is 35.6 Å². The van der Waals surface area contributed by atoms with Crippen molar-refractivity contribution in [2.45, 2.75) is 31.3 Å². The third-order valence-electron chi connectivity index (χ3n) is 3.96. The summed E-state index contributed by atoms with van der Waals surface area (Å²) in [6, 6.07) is 6.97. The van der Waals surface area contributed by atoms with Gasteiger partial charge in [0.1, 0.15) is 5.82 Å². The number of fused-ring (bicyclic) bond motifs is 1. The summed E-state index contributed by atoms with van der Waals surface area (Å²) >= 11 is 0. The molecule has 0 aromatic heterocycles. The molecule has 2 atom stereocenters. The lowest BCUT2D eigenvalue weighted by Crippen LogP contribution is -2.57. The van der Waals surface area contributed by atoms with Crippen LogP contribution in [0, 0.1) is 5.82 Å². The number of rotatable bonds is 1. The molecule has 0 bridgehead atoms. The van der Waals surface area contributed by atoms with Crippen molar-refractivity contribution in [1.29, 1.82) is 0 Å². The van der Waals surface area contributed by atoms with Crippen molar-refractivity contribution in [3.63, 3.8) is 0 Å². The lowest BCUT2D eigenvalue weighted by molar-refractivity contribution is -0.138. The maximum atomic E-state index is 13.0. The monoisotopic (exact) mass is 248 g/mol. The fourth-order valence-corrected chi connectivity index (χ4v) is 3.06. The topological polar surface area (TPSA) is 32.3 Å². The Hall–Kier alpha value is -1.42. The van der Waals surface area contributed by atoms with Gasteiger partial charge in [0, 0.05) is 6.54 Å². The lowest BCUT2D eigenvalue weighted by Gasteiger charge is -2.44. The number of hydrogen-bond donors (Lipinski definition) is 1. The Labute approximate surface area is 106 Å². The first kappa shape index (κ1) is 11.7. The van der Waals surface area contributed by atoms with Gasteiger partial charge in [0.25, 0.3) is 0 Å². The predicted molar refractivity (Wildman–Crippen MR) is 66.5 cm³/mol. The van der Waals surface area contributed by atoms with Crippen molar-refractivity contribution in [1.82, 2.24) is 10.2 Å². The molecule has 0 saturated carbocycles. The Kier molecular flexibility index (Phi) is 3.04. The van der Waals surface area contributed by atoms with E-state index in [-0.39, 0.29) is 23.8 Å². The number of nitrogens with one attached hydrogen (secondary N) is 1. The molecule has 0 radical (unpaired) electrons. The molecule has 0 spiro atoms. The molecular formula is C14H17FN2O. The second-order valence-corrected chi connectivity index (χ2v) is 5.06. The van der Waals surface area contributed by atoms with Crippen LogP contribution in [-0.4, -0.2) is 29.9 Å². The molecule has 2 saturated heterocycles. The average molecular weight is 248 g/mol. The molecule has 3 nitrogen and oxygen atoms in total. The standard InChI is InChI=1S/C14H17FN2O/c15-11-6-4-10(5-7-11)14-12-3-1-2-8-17(12)13(18)9-16-14/h4-7,12,14,16H,1-3,8-9H2. The maximum absolute atomic E-state index is 13.0. The minimum Gasteiger partial charge on any atom is -0.337 e. The number of carbonyl (C=O) groups excluding carboxylic acids is 1. The van der Waals surface area contributed by atoms with Crippen molar-refractivity contribution in [2.75, 3.05) is 13.1 Å². The minimum absolute atomic E-state index is 0.142. The van der Waals surface area contributed by atoms with E-state index >= 15 is 0 Å². The van der Waals surface area contributed by atoms with Crippen LogP contribution in [0.15, 0.2) is 24.3 Å². The molecule has 2 fully saturated rings. The molecule has 2 aliphatic heterocycles. The van der Waals surface area contributed by atoms with Gasteiger partial charge in [-0.1, -0.05) is 12.1 Å². The molecule has 2 aliphatic rings. The van der Waals surface area contributed by atoms with Crippen molar-refractivity contribution < 1.29 is 9.18 Å². The van der Waals surface area contributed by atoms with Crippen LogP contribution in [0.1, 0.15) is 30.9 Å². The van der Waals surface area contributed by atoms with Gasteiger partial charge in [-0.05, 0) is 37.0 Å². The number of piperazine rings is 1. The summed E-state index contributed by atoms with van der Waals surface area (Å²) < 4.78 is 13.0. The van der Waals surface area contributed by atoms with E-state index in [1.54, 1.807) is 0 Å². The molecule has 1 aromatic rings. The highest BCUT2D eigenvalue weighted by atomic mass is 19.1. The first-order valence-electron chi connectivity index (χ1n) is 6.54. The highest BCUT2D eigenvalue weighted by molar-refractivity contribution is 5.79. The fraction of sp³-hybridized carbons (Fsp3) is 0.500. The van der Waals surface area contributed by atoms with E-state index in [4.69, 9.17) is 0 Å². The van der Waals surface area contributed by atoms with Gasteiger partial charge in [-0.3, -0.25) is 10.1 Å². The SMILES string of the molecule is O=C1CNC(c2ccc(F)cc2)C2CCCCN12.